The number of fused-ring (bicyclic) bond motifs is 3. The molecule has 0 aliphatic rings. The van der Waals surface area contributed by atoms with Crippen LogP contribution in [0.25, 0.3) is 27.9 Å². The molecule has 0 saturated heterocycles. The fourth-order valence-electron chi connectivity index (χ4n) is 5.00. The number of para-hydroxylation sites is 2. The third kappa shape index (κ3) is 6.52. The van der Waals surface area contributed by atoms with Crippen LogP contribution in [0, 0.1) is 5.82 Å². The SMILES string of the molecule is O=C(Nc1cccc(SCC(=O)n2c3ccccc3c3ccccc32)c1)/C(=C/c1c(F)cccc1Cl)NC(=O)c1ccccc1. The van der Waals surface area contributed by atoms with E-state index in [2.05, 4.69) is 10.6 Å². The molecule has 0 spiro atoms. The molecule has 0 unspecified atom stereocenters. The Balaban J connectivity index is 1.22. The molecule has 2 N–H and O–H groups in total. The van der Waals surface area contributed by atoms with Crippen molar-refractivity contribution in [1.82, 2.24) is 9.88 Å². The van der Waals surface area contributed by atoms with Gasteiger partial charge >= 0.3 is 0 Å². The molecule has 222 valence electrons. The minimum atomic E-state index is -0.679. The zero-order valence-electron chi connectivity index (χ0n) is 23.7. The molecule has 0 fully saturated rings. The van der Waals surface area contributed by atoms with Crippen molar-refractivity contribution in [2.75, 3.05) is 11.1 Å². The number of carbonyl (C=O) groups is 3. The Bertz CT molecular complexity index is 2040. The number of carbonyl (C=O) groups excluding carboxylic acids is 3. The van der Waals surface area contributed by atoms with Crippen LogP contribution in [-0.4, -0.2) is 28.0 Å². The quantitative estimate of drug-likeness (QED) is 0.130. The number of nitrogens with one attached hydrogen (secondary N) is 2. The molecule has 9 heteroatoms. The number of aromatic nitrogens is 1. The topological polar surface area (TPSA) is 80.2 Å². The summed E-state index contributed by atoms with van der Waals surface area (Å²) in [6, 6.07) is 35.1. The van der Waals surface area contributed by atoms with E-state index in [-0.39, 0.29) is 27.9 Å². The highest BCUT2D eigenvalue weighted by Crippen LogP contribution is 2.30. The second-order valence-electron chi connectivity index (χ2n) is 10.0. The van der Waals surface area contributed by atoms with Gasteiger partial charge in [-0.3, -0.25) is 19.0 Å². The number of hydrogen-bond donors (Lipinski definition) is 2. The van der Waals surface area contributed by atoms with E-state index in [1.54, 1.807) is 53.1 Å². The lowest BCUT2D eigenvalue weighted by Gasteiger charge is -2.13. The molecule has 0 aliphatic heterocycles. The van der Waals surface area contributed by atoms with Crippen molar-refractivity contribution >= 4 is 74.7 Å². The molecular formula is C36H25ClFN3O3S. The van der Waals surface area contributed by atoms with E-state index >= 15 is 0 Å². The Morgan fingerprint density at radius 3 is 2.11 bits per heavy atom. The van der Waals surface area contributed by atoms with Crippen molar-refractivity contribution in [3.63, 3.8) is 0 Å². The molecule has 2 amide bonds. The molecule has 6 nitrogen and oxygen atoms in total. The molecule has 1 aromatic heterocycles. The van der Waals surface area contributed by atoms with Gasteiger partial charge in [-0.1, -0.05) is 78.3 Å². The molecular weight excluding hydrogens is 609 g/mol. The van der Waals surface area contributed by atoms with Gasteiger partial charge in [0.25, 0.3) is 11.8 Å². The van der Waals surface area contributed by atoms with E-state index in [9.17, 15) is 18.8 Å². The Hall–Kier alpha value is -5.18. The summed E-state index contributed by atoms with van der Waals surface area (Å²) in [7, 11) is 0. The highest BCUT2D eigenvalue weighted by Gasteiger charge is 2.18. The summed E-state index contributed by atoms with van der Waals surface area (Å²) >= 11 is 7.55. The first-order chi connectivity index (χ1) is 21.9. The monoisotopic (exact) mass is 633 g/mol. The van der Waals surface area contributed by atoms with E-state index < -0.39 is 17.6 Å². The zero-order chi connectivity index (χ0) is 31.3. The lowest BCUT2D eigenvalue weighted by atomic mass is 10.1. The highest BCUT2D eigenvalue weighted by atomic mass is 35.5. The van der Waals surface area contributed by atoms with Gasteiger partial charge in [0.2, 0.25) is 5.91 Å². The molecule has 45 heavy (non-hydrogen) atoms. The molecule has 0 saturated carbocycles. The molecule has 6 aromatic rings. The van der Waals surface area contributed by atoms with Crippen LogP contribution in [0.15, 0.2) is 132 Å². The fourth-order valence-corrected chi connectivity index (χ4v) is 6.02. The van der Waals surface area contributed by atoms with Gasteiger partial charge in [-0.2, -0.15) is 0 Å². The molecule has 0 radical (unpaired) electrons. The van der Waals surface area contributed by atoms with Crippen LogP contribution in [0.1, 0.15) is 20.7 Å². The van der Waals surface area contributed by atoms with Crippen molar-refractivity contribution in [2.24, 2.45) is 0 Å². The van der Waals surface area contributed by atoms with Crippen molar-refractivity contribution in [3.8, 4) is 0 Å². The number of amides is 2. The van der Waals surface area contributed by atoms with Gasteiger partial charge in [-0.05, 0) is 60.7 Å². The first-order valence-corrected chi connectivity index (χ1v) is 15.3. The highest BCUT2D eigenvalue weighted by molar-refractivity contribution is 8.00. The van der Waals surface area contributed by atoms with E-state index in [1.165, 1.54) is 36.0 Å². The summed E-state index contributed by atoms with van der Waals surface area (Å²) < 4.78 is 16.4. The summed E-state index contributed by atoms with van der Waals surface area (Å²) in [4.78, 5) is 40.6. The van der Waals surface area contributed by atoms with Crippen molar-refractivity contribution < 1.29 is 18.8 Å². The number of thioether (sulfide) groups is 1. The van der Waals surface area contributed by atoms with Crippen molar-refractivity contribution in [3.05, 3.63) is 149 Å². The number of anilines is 1. The van der Waals surface area contributed by atoms with Crippen molar-refractivity contribution in [1.29, 1.82) is 0 Å². The van der Waals surface area contributed by atoms with E-state index in [0.29, 0.717) is 11.3 Å². The standard InChI is InChI=1S/C36H25ClFN3O3S/c37-29-16-9-17-30(38)28(29)21-31(40-35(43)23-10-2-1-3-11-23)36(44)39-24-12-8-13-25(20-24)45-22-34(42)41-32-18-6-4-14-26(32)27-15-5-7-19-33(27)41/h1-21H,22H2,(H,39,44)(H,40,43)/b31-21-. The van der Waals surface area contributed by atoms with Gasteiger partial charge in [0, 0.05) is 32.5 Å². The van der Waals surface area contributed by atoms with Gasteiger partial charge in [0.05, 0.1) is 21.8 Å². The molecule has 0 bridgehead atoms. The lowest BCUT2D eigenvalue weighted by molar-refractivity contribution is -0.113. The predicted octanol–water partition coefficient (Wildman–Crippen LogP) is 8.43. The van der Waals surface area contributed by atoms with E-state index in [0.717, 1.165) is 26.7 Å². The van der Waals surface area contributed by atoms with Crippen LogP contribution in [0.2, 0.25) is 5.02 Å². The Labute approximate surface area is 267 Å². The Kier molecular flexibility index (Phi) is 8.77. The third-order valence-corrected chi connectivity index (χ3v) is 8.41. The third-order valence-electron chi connectivity index (χ3n) is 7.10. The van der Waals surface area contributed by atoms with Gasteiger partial charge in [-0.15, -0.1) is 11.8 Å². The number of nitrogens with zero attached hydrogens (tertiary/aromatic N) is 1. The number of rotatable bonds is 8. The Morgan fingerprint density at radius 1 is 0.778 bits per heavy atom. The predicted molar refractivity (Wildman–Crippen MR) is 179 cm³/mol. The van der Waals surface area contributed by atoms with E-state index in [1.807, 2.05) is 54.6 Å². The molecule has 6 rings (SSSR count). The maximum absolute atomic E-state index is 14.6. The van der Waals surface area contributed by atoms with Crippen LogP contribution < -0.4 is 10.6 Å². The van der Waals surface area contributed by atoms with Crippen LogP contribution in [0.4, 0.5) is 10.1 Å². The first kappa shape index (κ1) is 29.9. The number of hydrogen-bond acceptors (Lipinski definition) is 4. The fraction of sp³-hybridized carbons (Fsp3) is 0.0278. The van der Waals surface area contributed by atoms with Gasteiger partial charge in [-0.25, -0.2) is 4.39 Å². The lowest BCUT2D eigenvalue weighted by Crippen LogP contribution is -2.30. The van der Waals surface area contributed by atoms with Gasteiger partial charge in [0.15, 0.2) is 0 Å². The summed E-state index contributed by atoms with van der Waals surface area (Å²) in [5.41, 5.74) is 2.20. The largest absolute Gasteiger partial charge is 0.321 e. The normalized spacial score (nSPS) is 11.5. The van der Waals surface area contributed by atoms with Gasteiger partial charge < -0.3 is 10.6 Å². The van der Waals surface area contributed by atoms with Crippen molar-refractivity contribution in [2.45, 2.75) is 4.90 Å². The van der Waals surface area contributed by atoms with Crippen LogP contribution >= 0.6 is 23.4 Å². The zero-order valence-corrected chi connectivity index (χ0v) is 25.2. The molecule has 1 heterocycles. The summed E-state index contributed by atoms with van der Waals surface area (Å²) in [6.07, 6.45) is 1.21. The molecule has 5 aromatic carbocycles. The average Bonchev–Trinajstić information content (AvgIpc) is 3.40. The maximum Gasteiger partial charge on any atom is 0.272 e. The minimum absolute atomic E-state index is 0.0365. The second kappa shape index (κ2) is 13.2. The minimum Gasteiger partial charge on any atom is -0.321 e. The number of halogens is 2. The summed E-state index contributed by atoms with van der Waals surface area (Å²) in [5.74, 6) is -1.79. The van der Waals surface area contributed by atoms with Crippen LogP contribution in [-0.2, 0) is 4.79 Å². The Morgan fingerprint density at radius 2 is 1.42 bits per heavy atom. The first-order valence-electron chi connectivity index (χ1n) is 14.0. The average molecular weight is 634 g/mol. The summed E-state index contributed by atoms with van der Waals surface area (Å²) in [6.45, 7) is 0. The molecule has 0 atom stereocenters. The van der Waals surface area contributed by atoms with E-state index in [4.69, 9.17) is 11.6 Å². The maximum atomic E-state index is 14.6. The smallest absolute Gasteiger partial charge is 0.272 e. The van der Waals surface area contributed by atoms with Crippen LogP contribution in [0.3, 0.4) is 0 Å². The second-order valence-corrected chi connectivity index (χ2v) is 11.5. The molecule has 0 aliphatic carbocycles. The summed E-state index contributed by atoms with van der Waals surface area (Å²) in [5, 5.41) is 7.46. The van der Waals surface area contributed by atoms with Crippen LogP contribution in [0.5, 0.6) is 0 Å². The number of benzene rings is 5. The van der Waals surface area contributed by atoms with Gasteiger partial charge in [0.1, 0.15) is 11.5 Å².